The molecule has 1 atom stereocenters. The van der Waals surface area contributed by atoms with Gasteiger partial charge in [0, 0.05) is 17.4 Å². The lowest BCUT2D eigenvalue weighted by Crippen LogP contribution is -2.31. The van der Waals surface area contributed by atoms with E-state index >= 15 is 0 Å². The molecule has 0 saturated heterocycles. The maximum atomic E-state index is 12.0. The normalized spacial score (nSPS) is 11.5. The van der Waals surface area contributed by atoms with Gasteiger partial charge in [0.1, 0.15) is 5.75 Å². The summed E-state index contributed by atoms with van der Waals surface area (Å²) >= 11 is 0. The maximum Gasteiger partial charge on any atom is 0.319 e. The number of ether oxygens (including phenoxy) is 1. The molecule has 21 heavy (non-hydrogen) atoms. The third-order valence-electron chi connectivity index (χ3n) is 3.11. The Hall–Kier alpha value is -2.69. The van der Waals surface area contributed by atoms with E-state index in [1.54, 1.807) is 19.2 Å². The molecule has 0 heterocycles. The van der Waals surface area contributed by atoms with E-state index in [4.69, 9.17) is 10.5 Å². The summed E-state index contributed by atoms with van der Waals surface area (Å²) in [4.78, 5) is 12.0. The number of hydrogen-bond acceptors (Lipinski definition) is 3. The fraction of sp³-hybridized carbons (Fsp3) is 0.188. The highest BCUT2D eigenvalue weighted by Crippen LogP contribution is 2.17. The molecular weight excluding hydrogens is 266 g/mol. The number of rotatable bonds is 4. The molecule has 0 bridgehead atoms. The van der Waals surface area contributed by atoms with Gasteiger partial charge >= 0.3 is 6.03 Å². The molecule has 5 heteroatoms. The van der Waals surface area contributed by atoms with E-state index in [2.05, 4.69) is 10.6 Å². The average Bonchev–Trinajstić information content (AvgIpc) is 2.47. The van der Waals surface area contributed by atoms with Crippen LogP contribution >= 0.6 is 0 Å². The largest absolute Gasteiger partial charge is 0.497 e. The van der Waals surface area contributed by atoms with Crippen LogP contribution in [0.1, 0.15) is 18.5 Å². The Morgan fingerprint density at radius 2 is 1.90 bits per heavy atom. The first-order valence-electron chi connectivity index (χ1n) is 6.65. The number of nitrogens with one attached hydrogen (secondary N) is 2. The minimum atomic E-state index is -0.271. The number of carbonyl (C=O) groups is 1. The van der Waals surface area contributed by atoms with E-state index in [-0.39, 0.29) is 12.1 Å². The maximum absolute atomic E-state index is 12.0. The van der Waals surface area contributed by atoms with E-state index in [1.807, 2.05) is 43.3 Å². The third-order valence-corrected chi connectivity index (χ3v) is 3.11. The Labute approximate surface area is 124 Å². The van der Waals surface area contributed by atoms with Gasteiger partial charge in [-0.2, -0.15) is 0 Å². The lowest BCUT2D eigenvalue weighted by Gasteiger charge is -2.15. The van der Waals surface area contributed by atoms with Crippen molar-refractivity contribution >= 4 is 17.4 Å². The van der Waals surface area contributed by atoms with E-state index in [0.29, 0.717) is 17.1 Å². The minimum absolute atomic E-state index is 0.115. The Bertz CT molecular complexity index is 611. The Kier molecular flexibility index (Phi) is 4.66. The lowest BCUT2D eigenvalue weighted by atomic mass is 10.1. The fourth-order valence-electron chi connectivity index (χ4n) is 1.93. The summed E-state index contributed by atoms with van der Waals surface area (Å²) in [6.07, 6.45) is 0. The minimum Gasteiger partial charge on any atom is -0.497 e. The van der Waals surface area contributed by atoms with Crippen molar-refractivity contribution in [1.82, 2.24) is 5.32 Å². The Morgan fingerprint density at radius 3 is 2.57 bits per heavy atom. The number of hydrogen-bond donors (Lipinski definition) is 3. The molecule has 0 radical (unpaired) electrons. The summed E-state index contributed by atoms with van der Waals surface area (Å²) in [5.74, 6) is 0.694. The highest BCUT2D eigenvalue weighted by atomic mass is 16.5. The molecule has 2 aromatic carbocycles. The summed E-state index contributed by atoms with van der Waals surface area (Å²) in [5, 5.41) is 5.64. The number of nitrogens with two attached hydrogens (primary N) is 1. The van der Waals surface area contributed by atoms with Crippen LogP contribution in [-0.2, 0) is 0 Å². The number of carbonyl (C=O) groups excluding carboxylic acids is 1. The zero-order valence-electron chi connectivity index (χ0n) is 12.1. The summed E-state index contributed by atoms with van der Waals surface area (Å²) in [5.41, 5.74) is 8.01. The molecule has 1 unspecified atom stereocenters. The number of amides is 2. The molecule has 0 spiro atoms. The van der Waals surface area contributed by atoms with Crippen molar-refractivity contribution in [2.75, 3.05) is 18.2 Å². The van der Waals surface area contributed by atoms with Crippen LogP contribution in [0.25, 0.3) is 0 Å². The molecule has 2 amide bonds. The molecule has 0 fully saturated rings. The average molecular weight is 285 g/mol. The quantitative estimate of drug-likeness (QED) is 0.755. The van der Waals surface area contributed by atoms with Crippen LogP contribution in [0.15, 0.2) is 48.5 Å². The van der Waals surface area contributed by atoms with Crippen LogP contribution < -0.4 is 21.1 Å². The molecule has 5 nitrogen and oxygen atoms in total. The highest BCUT2D eigenvalue weighted by molar-refractivity contribution is 5.89. The van der Waals surface area contributed by atoms with Crippen LogP contribution in [-0.4, -0.2) is 13.1 Å². The standard InChI is InChI=1S/C16H19N3O2/c1-11(12-6-8-13(17)9-7-12)18-16(20)19-14-4-3-5-15(10-14)21-2/h3-11H,17H2,1-2H3,(H2,18,19,20). The number of nitrogen functional groups attached to an aromatic ring is 1. The van der Waals surface area contributed by atoms with Crippen LogP contribution in [0.3, 0.4) is 0 Å². The van der Waals surface area contributed by atoms with Gasteiger partial charge in [-0.1, -0.05) is 18.2 Å². The summed E-state index contributed by atoms with van der Waals surface area (Å²) in [6, 6.07) is 14.2. The topological polar surface area (TPSA) is 76.4 Å². The first-order chi connectivity index (χ1) is 10.1. The zero-order chi connectivity index (χ0) is 15.2. The SMILES string of the molecule is COc1cccc(NC(=O)NC(C)c2ccc(N)cc2)c1. The molecule has 0 aromatic heterocycles. The van der Waals surface area contributed by atoms with Crippen LogP contribution in [0, 0.1) is 0 Å². The summed E-state index contributed by atoms with van der Waals surface area (Å²) in [6.45, 7) is 1.91. The predicted molar refractivity (Wildman–Crippen MR) is 84.4 cm³/mol. The van der Waals surface area contributed by atoms with Gasteiger partial charge < -0.3 is 21.1 Å². The number of urea groups is 1. The molecule has 0 aliphatic carbocycles. The van der Waals surface area contributed by atoms with Crippen molar-refractivity contribution in [1.29, 1.82) is 0 Å². The van der Waals surface area contributed by atoms with Crippen LogP contribution in [0.2, 0.25) is 0 Å². The smallest absolute Gasteiger partial charge is 0.319 e. The first kappa shape index (κ1) is 14.7. The van der Waals surface area contributed by atoms with Gasteiger partial charge in [0.2, 0.25) is 0 Å². The van der Waals surface area contributed by atoms with Crippen LogP contribution in [0.4, 0.5) is 16.2 Å². The van der Waals surface area contributed by atoms with Gasteiger partial charge in [0.15, 0.2) is 0 Å². The van der Waals surface area contributed by atoms with Gasteiger partial charge in [-0.25, -0.2) is 4.79 Å². The highest BCUT2D eigenvalue weighted by Gasteiger charge is 2.09. The fourth-order valence-corrected chi connectivity index (χ4v) is 1.93. The van der Waals surface area contributed by atoms with Gasteiger partial charge in [0.05, 0.1) is 13.2 Å². The van der Waals surface area contributed by atoms with E-state index in [0.717, 1.165) is 5.56 Å². The monoisotopic (exact) mass is 285 g/mol. The van der Waals surface area contributed by atoms with Crippen molar-refractivity contribution in [3.05, 3.63) is 54.1 Å². The van der Waals surface area contributed by atoms with Gasteiger partial charge in [-0.3, -0.25) is 0 Å². The molecule has 0 aliphatic rings. The molecule has 2 aromatic rings. The van der Waals surface area contributed by atoms with Gasteiger partial charge in [0.25, 0.3) is 0 Å². The second-order valence-corrected chi connectivity index (χ2v) is 4.72. The lowest BCUT2D eigenvalue weighted by molar-refractivity contribution is 0.249. The van der Waals surface area contributed by atoms with Gasteiger partial charge in [-0.15, -0.1) is 0 Å². The van der Waals surface area contributed by atoms with Crippen molar-refractivity contribution in [2.24, 2.45) is 0 Å². The molecular formula is C16H19N3O2. The van der Waals surface area contributed by atoms with Crippen molar-refractivity contribution in [3.63, 3.8) is 0 Å². The molecule has 110 valence electrons. The summed E-state index contributed by atoms with van der Waals surface area (Å²) in [7, 11) is 1.59. The molecule has 4 N–H and O–H groups in total. The Morgan fingerprint density at radius 1 is 1.19 bits per heavy atom. The van der Waals surface area contributed by atoms with Crippen molar-refractivity contribution in [3.8, 4) is 5.75 Å². The second-order valence-electron chi connectivity index (χ2n) is 4.72. The number of anilines is 2. The molecule has 0 saturated carbocycles. The number of methoxy groups -OCH3 is 1. The Balaban J connectivity index is 1.96. The second kappa shape index (κ2) is 6.65. The number of benzene rings is 2. The third kappa shape index (κ3) is 4.14. The van der Waals surface area contributed by atoms with Crippen LogP contribution in [0.5, 0.6) is 5.75 Å². The van der Waals surface area contributed by atoms with Crippen molar-refractivity contribution in [2.45, 2.75) is 13.0 Å². The first-order valence-corrected chi connectivity index (χ1v) is 6.65. The predicted octanol–water partition coefficient (Wildman–Crippen LogP) is 3.16. The van der Waals surface area contributed by atoms with E-state index in [9.17, 15) is 4.79 Å². The zero-order valence-corrected chi connectivity index (χ0v) is 12.1. The van der Waals surface area contributed by atoms with Gasteiger partial charge in [-0.05, 0) is 36.8 Å². The van der Waals surface area contributed by atoms with Crippen molar-refractivity contribution < 1.29 is 9.53 Å². The summed E-state index contributed by atoms with van der Waals surface area (Å²) < 4.78 is 5.11. The van der Waals surface area contributed by atoms with E-state index < -0.39 is 0 Å². The molecule has 2 rings (SSSR count). The molecule has 0 aliphatic heterocycles. The van der Waals surface area contributed by atoms with E-state index in [1.165, 1.54) is 0 Å².